The Labute approximate surface area is 182 Å². The second kappa shape index (κ2) is 7.67. The van der Waals surface area contributed by atoms with Gasteiger partial charge in [0.1, 0.15) is 4.70 Å². The van der Waals surface area contributed by atoms with Crippen LogP contribution in [0.4, 0.5) is 0 Å². The van der Waals surface area contributed by atoms with E-state index in [-0.39, 0.29) is 11.2 Å². The molecule has 2 aromatic carbocycles. The van der Waals surface area contributed by atoms with Crippen LogP contribution in [0.2, 0.25) is 0 Å². The Morgan fingerprint density at radius 1 is 1.00 bits per heavy atom. The van der Waals surface area contributed by atoms with Crippen molar-refractivity contribution in [2.24, 2.45) is 0 Å². The fourth-order valence-electron chi connectivity index (χ4n) is 3.96. The van der Waals surface area contributed by atoms with Gasteiger partial charge in [-0.1, -0.05) is 54.1 Å². The van der Waals surface area contributed by atoms with Crippen molar-refractivity contribution in [2.45, 2.75) is 33.4 Å². The Morgan fingerprint density at radius 2 is 1.81 bits per heavy atom. The lowest BCUT2D eigenvalue weighted by Crippen LogP contribution is -2.26. The van der Waals surface area contributed by atoms with Gasteiger partial charge in [0, 0.05) is 6.54 Å². The van der Waals surface area contributed by atoms with E-state index in [2.05, 4.69) is 23.3 Å². The maximum Gasteiger partial charge on any atom is 0.352 e. The van der Waals surface area contributed by atoms with E-state index >= 15 is 0 Å². The second-order valence-corrected chi connectivity index (χ2v) is 8.75. The Balaban J connectivity index is 1.66. The zero-order valence-corrected chi connectivity index (χ0v) is 18.2. The Bertz CT molecular complexity index is 1520. The fraction of sp³-hybridized carbons (Fsp3) is 0.208. The Kier molecular flexibility index (Phi) is 4.82. The maximum atomic E-state index is 13.3. The Morgan fingerprint density at radius 3 is 2.61 bits per heavy atom. The van der Waals surface area contributed by atoms with Gasteiger partial charge in [0.05, 0.1) is 12.1 Å². The van der Waals surface area contributed by atoms with Crippen LogP contribution in [0.1, 0.15) is 22.3 Å². The van der Waals surface area contributed by atoms with Crippen LogP contribution in [0.5, 0.6) is 0 Å². The molecule has 0 amide bonds. The van der Waals surface area contributed by atoms with Crippen molar-refractivity contribution in [2.75, 3.05) is 0 Å². The van der Waals surface area contributed by atoms with E-state index in [4.69, 9.17) is 0 Å². The summed E-state index contributed by atoms with van der Waals surface area (Å²) in [6.45, 7) is 4.89. The largest absolute Gasteiger partial charge is 0.352 e. The summed E-state index contributed by atoms with van der Waals surface area (Å²) in [7, 11) is 0. The molecule has 0 saturated carbocycles. The third-order valence-electron chi connectivity index (χ3n) is 5.68. The number of rotatable bonds is 5. The standard InChI is InChI=1S/C24H22N4O2S/c1-16-8-9-17(2)19(14-16)15-27-24(30)28-20-11-13-31-21(20)22(29)26(23(28)25-27)12-10-18-6-4-3-5-7-18/h3-9,11,13-14H,10,12,15H2,1-2H3. The van der Waals surface area contributed by atoms with E-state index < -0.39 is 0 Å². The number of aryl methyl sites for hydroxylation is 4. The van der Waals surface area contributed by atoms with Gasteiger partial charge in [-0.05, 0) is 48.4 Å². The van der Waals surface area contributed by atoms with Gasteiger partial charge in [-0.3, -0.25) is 9.36 Å². The molecular weight excluding hydrogens is 408 g/mol. The number of aromatic nitrogens is 4. The molecule has 0 aliphatic heterocycles. The van der Waals surface area contributed by atoms with Gasteiger partial charge in [0.2, 0.25) is 5.78 Å². The number of thiophene rings is 1. The van der Waals surface area contributed by atoms with Crippen molar-refractivity contribution in [3.05, 3.63) is 103 Å². The molecule has 156 valence electrons. The topological polar surface area (TPSA) is 61.3 Å². The molecule has 0 bridgehead atoms. The second-order valence-electron chi connectivity index (χ2n) is 7.83. The maximum absolute atomic E-state index is 13.3. The minimum absolute atomic E-state index is 0.0997. The van der Waals surface area contributed by atoms with E-state index in [1.54, 1.807) is 8.97 Å². The molecule has 0 atom stereocenters. The van der Waals surface area contributed by atoms with Crippen LogP contribution < -0.4 is 11.2 Å². The minimum atomic E-state index is -0.229. The van der Waals surface area contributed by atoms with Gasteiger partial charge in [-0.2, -0.15) is 0 Å². The average molecular weight is 431 g/mol. The number of hydrogen-bond acceptors (Lipinski definition) is 4. The molecule has 0 radical (unpaired) electrons. The summed E-state index contributed by atoms with van der Waals surface area (Å²) in [5.74, 6) is 0.391. The van der Waals surface area contributed by atoms with Crippen LogP contribution in [0.25, 0.3) is 16.0 Å². The monoisotopic (exact) mass is 430 g/mol. The average Bonchev–Trinajstić information content (AvgIpc) is 3.37. The van der Waals surface area contributed by atoms with Crippen LogP contribution in [-0.2, 0) is 19.5 Å². The first-order valence-electron chi connectivity index (χ1n) is 10.2. The molecule has 0 saturated heterocycles. The van der Waals surface area contributed by atoms with Crippen molar-refractivity contribution < 1.29 is 0 Å². The molecule has 0 unspecified atom stereocenters. The van der Waals surface area contributed by atoms with Crippen LogP contribution in [0, 0.1) is 13.8 Å². The predicted octanol–water partition coefficient (Wildman–Crippen LogP) is 3.78. The summed E-state index contributed by atoms with van der Waals surface area (Å²) in [4.78, 5) is 26.5. The lowest BCUT2D eigenvalue weighted by molar-refractivity contribution is 0.643. The summed E-state index contributed by atoms with van der Waals surface area (Å²) in [5.41, 5.74) is 4.72. The summed E-state index contributed by atoms with van der Waals surface area (Å²) in [6, 6.07) is 18.0. The van der Waals surface area contributed by atoms with Gasteiger partial charge >= 0.3 is 5.69 Å². The highest BCUT2D eigenvalue weighted by Gasteiger charge is 2.18. The van der Waals surface area contributed by atoms with Crippen molar-refractivity contribution in [1.82, 2.24) is 18.7 Å². The van der Waals surface area contributed by atoms with Gasteiger partial charge in [0.15, 0.2) is 0 Å². The minimum Gasteiger partial charge on any atom is -0.275 e. The van der Waals surface area contributed by atoms with Crippen molar-refractivity contribution in [1.29, 1.82) is 0 Å². The van der Waals surface area contributed by atoms with Crippen molar-refractivity contribution >= 4 is 27.3 Å². The summed E-state index contributed by atoms with van der Waals surface area (Å²) in [5, 5.41) is 6.46. The van der Waals surface area contributed by atoms with E-state index in [0.29, 0.717) is 35.5 Å². The van der Waals surface area contributed by atoms with E-state index in [0.717, 1.165) is 22.3 Å². The van der Waals surface area contributed by atoms with Crippen molar-refractivity contribution in [3.63, 3.8) is 0 Å². The van der Waals surface area contributed by atoms with Crippen LogP contribution >= 0.6 is 11.3 Å². The van der Waals surface area contributed by atoms with E-state index in [1.165, 1.54) is 16.0 Å². The highest BCUT2D eigenvalue weighted by molar-refractivity contribution is 7.17. The SMILES string of the molecule is Cc1ccc(C)c(Cn2nc3n(CCc4ccccc4)c(=O)c4sccc4n3c2=O)c1. The number of fused-ring (bicyclic) bond motifs is 3. The first-order valence-corrected chi connectivity index (χ1v) is 11.1. The van der Waals surface area contributed by atoms with Crippen LogP contribution in [0.15, 0.2) is 69.6 Å². The third kappa shape index (κ3) is 3.41. The third-order valence-corrected chi connectivity index (χ3v) is 6.57. The number of hydrogen-bond donors (Lipinski definition) is 0. The normalized spacial score (nSPS) is 11.5. The van der Waals surface area contributed by atoms with Crippen molar-refractivity contribution in [3.8, 4) is 0 Å². The van der Waals surface area contributed by atoms with Gasteiger partial charge < -0.3 is 0 Å². The van der Waals surface area contributed by atoms with Gasteiger partial charge in [0.25, 0.3) is 5.56 Å². The zero-order chi connectivity index (χ0) is 21.5. The predicted molar refractivity (Wildman–Crippen MR) is 124 cm³/mol. The van der Waals surface area contributed by atoms with Crippen LogP contribution in [-0.4, -0.2) is 18.7 Å². The molecule has 0 N–H and O–H groups in total. The summed E-state index contributed by atoms with van der Waals surface area (Å²) in [6.07, 6.45) is 0.686. The molecular formula is C24H22N4O2S. The fourth-order valence-corrected chi connectivity index (χ4v) is 4.78. The number of benzene rings is 2. The quantitative estimate of drug-likeness (QED) is 0.426. The molecule has 6 nitrogen and oxygen atoms in total. The van der Waals surface area contributed by atoms with E-state index in [1.807, 2.05) is 55.6 Å². The highest BCUT2D eigenvalue weighted by atomic mass is 32.1. The first kappa shape index (κ1) is 19.5. The van der Waals surface area contributed by atoms with Gasteiger partial charge in [-0.15, -0.1) is 16.4 Å². The molecule has 3 heterocycles. The Hall–Kier alpha value is -3.45. The smallest absolute Gasteiger partial charge is 0.275 e. The summed E-state index contributed by atoms with van der Waals surface area (Å²) < 4.78 is 5.25. The van der Waals surface area contributed by atoms with Gasteiger partial charge in [-0.25, -0.2) is 13.9 Å². The molecule has 31 heavy (non-hydrogen) atoms. The molecule has 0 spiro atoms. The van der Waals surface area contributed by atoms with E-state index in [9.17, 15) is 9.59 Å². The molecule has 5 aromatic rings. The molecule has 3 aromatic heterocycles. The molecule has 0 aliphatic carbocycles. The molecule has 0 fully saturated rings. The molecule has 7 heteroatoms. The van der Waals surface area contributed by atoms with Crippen LogP contribution in [0.3, 0.4) is 0 Å². The lowest BCUT2D eigenvalue weighted by atomic mass is 10.1. The molecule has 0 aliphatic rings. The highest BCUT2D eigenvalue weighted by Crippen LogP contribution is 2.18. The number of nitrogens with zero attached hydrogens (tertiary/aromatic N) is 4. The lowest BCUT2D eigenvalue weighted by Gasteiger charge is -2.08. The molecule has 5 rings (SSSR count). The zero-order valence-electron chi connectivity index (χ0n) is 17.4. The summed E-state index contributed by atoms with van der Waals surface area (Å²) >= 11 is 1.36. The first-order chi connectivity index (χ1) is 15.0.